The molecule has 1 heterocycles. The molecule has 1 fully saturated rings. The molecule has 2 rings (SSSR count). The third kappa shape index (κ3) is 4.01. The van der Waals surface area contributed by atoms with Gasteiger partial charge in [-0.25, -0.2) is 4.39 Å². The zero-order valence-electron chi connectivity index (χ0n) is 11.2. The normalized spacial score (nSPS) is 27.5. The molecule has 0 amide bonds. The Morgan fingerprint density at radius 2 is 2.32 bits per heavy atom. The van der Waals surface area contributed by atoms with E-state index in [1.807, 2.05) is 6.07 Å². The van der Waals surface area contributed by atoms with Gasteiger partial charge in [0.05, 0.1) is 11.7 Å². The molecule has 1 saturated heterocycles. The minimum atomic E-state index is -0.841. The molecule has 19 heavy (non-hydrogen) atoms. The molecule has 4 heteroatoms. The average Bonchev–Trinajstić information content (AvgIpc) is 2.33. The van der Waals surface area contributed by atoms with Crippen molar-refractivity contribution < 1.29 is 14.2 Å². The Kier molecular flexibility index (Phi) is 4.98. The van der Waals surface area contributed by atoms with Gasteiger partial charge < -0.3 is 9.84 Å². The quantitative estimate of drug-likeness (QED) is 0.908. The second-order valence-electron chi connectivity index (χ2n) is 5.37. The summed E-state index contributed by atoms with van der Waals surface area (Å²) in [6.45, 7) is 2.66. The summed E-state index contributed by atoms with van der Waals surface area (Å²) in [5.74, 6) is -0.263. The van der Waals surface area contributed by atoms with Crippen molar-refractivity contribution in [3.8, 4) is 0 Å². The van der Waals surface area contributed by atoms with Crippen LogP contribution in [0.3, 0.4) is 0 Å². The summed E-state index contributed by atoms with van der Waals surface area (Å²) in [5.41, 5.74) is -0.268. The Morgan fingerprint density at radius 1 is 1.53 bits per heavy atom. The van der Waals surface area contributed by atoms with E-state index in [1.54, 1.807) is 6.07 Å². The zero-order chi connectivity index (χ0) is 13.9. The van der Waals surface area contributed by atoms with Crippen molar-refractivity contribution in [3.63, 3.8) is 0 Å². The van der Waals surface area contributed by atoms with Gasteiger partial charge in [0.15, 0.2) is 0 Å². The van der Waals surface area contributed by atoms with Gasteiger partial charge in [-0.3, -0.25) is 0 Å². The maximum absolute atomic E-state index is 13.8. The van der Waals surface area contributed by atoms with Crippen LogP contribution in [0.15, 0.2) is 22.7 Å². The third-order valence-corrected chi connectivity index (χ3v) is 4.17. The molecular formula is C15H20BrFO2. The highest BCUT2D eigenvalue weighted by Crippen LogP contribution is 2.31. The number of hydrogen-bond donors (Lipinski definition) is 1. The maximum Gasteiger partial charge on any atom is 0.127 e. The number of benzene rings is 1. The van der Waals surface area contributed by atoms with E-state index >= 15 is 0 Å². The lowest BCUT2D eigenvalue weighted by molar-refractivity contribution is -0.105. The molecule has 1 aliphatic heterocycles. The Hall–Kier alpha value is -0.450. The lowest BCUT2D eigenvalue weighted by Crippen LogP contribution is -2.42. The monoisotopic (exact) mass is 330 g/mol. The summed E-state index contributed by atoms with van der Waals surface area (Å²) in [7, 11) is 0. The van der Waals surface area contributed by atoms with E-state index in [-0.39, 0.29) is 11.9 Å². The fourth-order valence-electron chi connectivity index (χ4n) is 2.69. The minimum Gasteiger partial charge on any atom is -0.389 e. The second-order valence-corrected chi connectivity index (χ2v) is 6.29. The van der Waals surface area contributed by atoms with Gasteiger partial charge in [0.25, 0.3) is 0 Å². The summed E-state index contributed by atoms with van der Waals surface area (Å²) in [6.07, 6.45) is 3.61. The Morgan fingerprint density at radius 3 is 3.00 bits per heavy atom. The van der Waals surface area contributed by atoms with Gasteiger partial charge >= 0.3 is 0 Å². The van der Waals surface area contributed by atoms with Crippen LogP contribution in [0.2, 0.25) is 0 Å². The Balaban J connectivity index is 2.07. The van der Waals surface area contributed by atoms with E-state index in [4.69, 9.17) is 4.74 Å². The van der Waals surface area contributed by atoms with Crippen molar-refractivity contribution in [2.24, 2.45) is 0 Å². The van der Waals surface area contributed by atoms with Crippen LogP contribution in [0.4, 0.5) is 4.39 Å². The van der Waals surface area contributed by atoms with Crippen LogP contribution in [-0.4, -0.2) is 23.4 Å². The first-order valence-corrected chi connectivity index (χ1v) is 7.59. The molecule has 2 atom stereocenters. The highest BCUT2D eigenvalue weighted by Gasteiger charge is 2.35. The number of hydrogen-bond acceptors (Lipinski definition) is 2. The maximum atomic E-state index is 13.8. The number of aliphatic hydroxyl groups is 1. The predicted octanol–water partition coefficient (Wildman–Crippen LogP) is 3.84. The molecule has 1 aromatic rings. The van der Waals surface area contributed by atoms with Crippen LogP contribution in [0.25, 0.3) is 0 Å². The number of ether oxygens (including phenoxy) is 1. The molecule has 0 bridgehead atoms. The van der Waals surface area contributed by atoms with Crippen LogP contribution >= 0.6 is 15.9 Å². The summed E-state index contributed by atoms with van der Waals surface area (Å²) < 4.78 is 20.2. The van der Waals surface area contributed by atoms with Crippen molar-refractivity contribution in [1.82, 2.24) is 0 Å². The van der Waals surface area contributed by atoms with Crippen molar-refractivity contribution in [2.75, 3.05) is 6.61 Å². The van der Waals surface area contributed by atoms with Gasteiger partial charge in [-0.1, -0.05) is 35.3 Å². The molecule has 2 unspecified atom stereocenters. The Bertz CT molecular complexity index is 436. The van der Waals surface area contributed by atoms with E-state index in [2.05, 4.69) is 22.9 Å². The molecule has 2 nitrogen and oxygen atoms in total. The standard InChI is InChI=1S/C15H20BrFO2/c1-2-3-13-10-15(18,6-7-19-13)9-11-4-5-12(16)8-14(11)17/h4-5,8,13,18H,2-3,6-7,9-10H2,1H3. The lowest BCUT2D eigenvalue weighted by atomic mass is 9.83. The molecular weight excluding hydrogens is 311 g/mol. The Labute approximate surface area is 122 Å². The number of halogens is 2. The predicted molar refractivity (Wildman–Crippen MR) is 76.6 cm³/mol. The first-order valence-electron chi connectivity index (χ1n) is 6.80. The van der Waals surface area contributed by atoms with Crippen LogP contribution in [0, 0.1) is 5.82 Å². The molecule has 1 aromatic carbocycles. The average molecular weight is 331 g/mol. The highest BCUT2D eigenvalue weighted by molar-refractivity contribution is 9.10. The van der Waals surface area contributed by atoms with E-state index in [9.17, 15) is 9.50 Å². The van der Waals surface area contributed by atoms with Crippen molar-refractivity contribution in [2.45, 2.75) is 50.7 Å². The molecule has 0 aromatic heterocycles. The van der Waals surface area contributed by atoms with Gasteiger partial charge in [-0.05, 0) is 30.5 Å². The van der Waals surface area contributed by atoms with Gasteiger partial charge in [-0.15, -0.1) is 0 Å². The molecule has 1 N–H and O–H groups in total. The SMILES string of the molecule is CCCC1CC(O)(Cc2ccc(Br)cc2F)CCO1. The van der Waals surface area contributed by atoms with Crippen LogP contribution in [-0.2, 0) is 11.2 Å². The van der Waals surface area contributed by atoms with Crippen LogP contribution < -0.4 is 0 Å². The lowest BCUT2D eigenvalue weighted by Gasteiger charge is -2.37. The summed E-state index contributed by atoms with van der Waals surface area (Å²) >= 11 is 3.24. The molecule has 106 valence electrons. The van der Waals surface area contributed by atoms with Gasteiger partial charge in [0.2, 0.25) is 0 Å². The van der Waals surface area contributed by atoms with E-state index in [0.29, 0.717) is 31.4 Å². The largest absolute Gasteiger partial charge is 0.389 e. The molecule has 0 saturated carbocycles. The molecule has 1 aliphatic rings. The third-order valence-electron chi connectivity index (χ3n) is 3.67. The minimum absolute atomic E-state index is 0.0993. The van der Waals surface area contributed by atoms with Gasteiger partial charge in [-0.2, -0.15) is 0 Å². The van der Waals surface area contributed by atoms with E-state index < -0.39 is 5.60 Å². The van der Waals surface area contributed by atoms with Gasteiger partial charge in [0, 0.05) is 23.9 Å². The van der Waals surface area contributed by atoms with Crippen molar-refractivity contribution in [1.29, 1.82) is 0 Å². The van der Waals surface area contributed by atoms with Crippen molar-refractivity contribution >= 4 is 15.9 Å². The molecule has 0 aliphatic carbocycles. The topological polar surface area (TPSA) is 29.5 Å². The molecule has 0 spiro atoms. The van der Waals surface area contributed by atoms with Crippen LogP contribution in [0.1, 0.15) is 38.2 Å². The fraction of sp³-hybridized carbons (Fsp3) is 0.600. The molecule has 0 radical (unpaired) electrons. The first-order chi connectivity index (χ1) is 9.02. The zero-order valence-corrected chi connectivity index (χ0v) is 12.7. The van der Waals surface area contributed by atoms with Gasteiger partial charge in [0.1, 0.15) is 5.82 Å². The van der Waals surface area contributed by atoms with Crippen LogP contribution in [0.5, 0.6) is 0 Å². The summed E-state index contributed by atoms with van der Waals surface area (Å²) in [5, 5.41) is 10.7. The first kappa shape index (κ1) is 14.9. The number of rotatable bonds is 4. The smallest absolute Gasteiger partial charge is 0.127 e. The summed E-state index contributed by atoms with van der Waals surface area (Å²) in [6, 6.07) is 4.99. The van der Waals surface area contributed by atoms with Crippen molar-refractivity contribution in [3.05, 3.63) is 34.1 Å². The summed E-state index contributed by atoms with van der Waals surface area (Å²) in [4.78, 5) is 0. The van der Waals surface area contributed by atoms with E-state index in [0.717, 1.165) is 17.3 Å². The second kappa shape index (κ2) is 6.33. The van der Waals surface area contributed by atoms with E-state index in [1.165, 1.54) is 6.07 Å². The highest BCUT2D eigenvalue weighted by atomic mass is 79.9. The fourth-order valence-corrected chi connectivity index (χ4v) is 3.02.